The van der Waals surface area contributed by atoms with E-state index < -0.39 is 0 Å². The number of hydrogen-bond acceptors (Lipinski definition) is 3. The number of nitrogens with zero attached hydrogens (tertiary/aromatic N) is 2. The van der Waals surface area contributed by atoms with Crippen molar-refractivity contribution >= 4 is 16.9 Å². The first-order chi connectivity index (χ1) is 10.8. The summed E-state index contributed by atoms with van der Waals surface area (Å²) in [5.41, 5.74) is 4.27. The summed E-state index contributed by atoms with van der Waals surface area (Å²) >= 11 is 0. The van der Waals surface area contributed by atoms with Crippen LogP contribution in [0.1, 0.15) is 31.2 Å². The molecule has 4 rings (SSSR count). The minimum atomic E-state index is 0.554. The van der Waals surface area contributed by atoms with Crippen LogP contribution in [0.2, 0.25) is 0 Å². The summed E-state index contributed by atoms with van der Waals surface area (Å²) in [5.74, 6) is 0.945. The lowest BCUT2D eigenvalue weighted by Crippen LogP contribution is -2.15. The summed E-state index contributed by atoms with van der Waals surface area (Å²) in [5, 5.41) is 4.71. The van der Waals surface area contributed by atoms with Crippen LogP contribution in [0.15, 0.2) is 36.7 Å². The van der Waals surface area contributed by atoms with Gasteiger partial charge in [0.1, 0.15) is 11.5 Å². The molecule has 1 fully saturated rings. The number of rotatable bonds is 3. The predicted molar refractivity (Wildman–Crippen MR) is 89.9 cm³/mol. The smallest absolute Gasteiger partial charge is 0.140 e. The van der Waals surface area contributed by atoms with Gasteiger partial charge in [0.15, 0.2) is 0 Å². The Morgan fingerprint density at radius 3 is 2.86 bits per heavy atom. The van der Waals surface area contributed by atoms with Crippen molar-refractivity contribution in [3.8, 4) is 11.3 Å². The van der Waals surface area contributed by atoms with Gasteiger partial charge in [-0.2, -0.15) is 0 Å². The zero-order valence-corrected chi connectivity index (χ0v) is 12.8. The highest BCUT2D eigenvalue weighted by atomic mass is 15.0. The van der Waals surface area contributed by atoms with E-state index >= 15 is 0 Å². The number of anilines is 1. The van der Waals surface area contributed by atoms with Gasteiger partial charge >= 0.3 is 0 Å². The predicted octanol–water partition coefficient (Wildman–Crippen LogP) is 4.29. The Hall–Kier alpha value is -2.36. The largest absolute Gasteiger partial charge is 0.367 e. The Kier molecular flexibility index (Phi) is 3.29. The highest BCUT2D eigenvalue weighted by Gasteiger charge is 2.17. The van der Waals surface area contributed by atoms with E-state index in [-0.39, 0.29) is 0 Å². The molecule has 2 N–H and O–H groups in total. The minimum Gasteiger partial charge on any atom is -0.367 e. The molecule has 0 aromatic carbocycles. The monoisotopic (exact) mass is 292 g/mol. The van der Waals surface area contributed by atoms with Crippen LogP contribution in [0.25, 0.3) is 22.3 Å². The molecular weight excluding hydrogens is 272 g/mol. The average molecular weight is 292 g/mol. The third kappa shape index (κ3) is 2.45. The summed E-state index contributed by atoms with van der Waals surface area (Å²) in [7, 11) is 0. The number of aryl methyl sites for hydroxylation is 1. The van der Waals surface area contributed by atoms with E-state index in [2.05, 4.69) is 40.4 Å². The molecule has 4 nitrogen and oxygen atoms in total. The Morgan fingerprint density at radius 2 is 2.05 bits per heavy atom. The summed E-state index contributed by atoms with van der Waals surface area (Å²) in [6, 6.07) is 8.91. The molecule has 1 aliphatic carbocycles. The lowest BCUT2D eigenvalue weighted by molar-refractivity contribution is 0.751. The maximum Gasteiger partial charge on any atom is 0.140 e. The second-order valence-corrected chi connectivity index (χ2v) is 6.14. The van der Waals surface area contributed by atoms with E-state index in [1.165, 1.54) is 31.2 Å². The molecule has 0 radical (unpaired) electrons. The molecule has 112 valence electrons. The first kappa shape index (κ1) is 13.3. The number of pyridine rings is 2. The van der Waals surface area contributed by atoms with Crippen molar-refractivity contribution in [2.45, 2.75) is 38.6 Å². The van der Waals surface area contributed by atoms with Crippen LogP contribution >= 0.6 is 0 Å². The molecule has 0 atom stereocenters. The molecule has 22 heavy (non-hydrogen) atoms. The number of nitrogens with one attached hydrogen (secondary N) is 2. The van der Waals surface area contributed by atoms with Gasteiger partial charge in [0.05, 0.1) is 5.69 Å². The maximum absolute atomic E-state index is 4.71. The fraction of sp³-hybridized carbons (Fsp3) is 0.333. The zero-order valence-electron chi connectivity index (χ0n) is 12.8. The molecule has 0 saturated heterocycles. The normalized spacial score (nSPS) is 15.5. The fourth-order valence-electron chi connectivity index (χ4n) is 3.29. The van der Waals surface area contributed by atoms with Crippen LogP contribution < -0.4 is 5.32 Å². The van der Waals surface area contributed by atoms with Crippen LogP contribution in [0, 0.1) is 6.92 Å². The molecule has 0 amide bonds. The number of aromatic nitrogens is 3. The molecule has 4 heteroatoms. The summed E-state index contributed by atoms with van der Waals surface area (Å²) in [6.45, 7) is 2.10. The Balaban J connectivity index is 1.80. The highest BCUT2D eigenvalue weighted by molar-refractivity contribution is 5.93. The lowest BCUT2D eigenvalue weighted by Gasteiger charge is -2.14. The highest BCUT2D eigenvalue weighted by Crippen LogP contribution is 2.30. The van der Waals surface area contributed by atoms with E-state index in [1.807, 2.05) is 18.5 Å². The first-order valence-electron chi connectivity index (χ1n) is 7.97. The summed E-state index contributed by atoms with van der Waals surface area (Å²) in [6.07, 6.45) is 8.92. The van der Waals surface area contributed by atoms with E-state index in [4.69, 9.17) is 4.98 Å². The fourth-order valence-corrected chi connectivity index (χ4v) is 3.29. The molecule has 3 aromatic rings. The minimum absolute atomic E-state index is 0.554. The van der Waals surface area contributed by atoms with Crippen molar-refractivity contribution in [1.82, 2.24) is 15.0 Å². The van der Waals surface area contributed by atoms with Gasteiger partial charge in [-0.25, -0.2) is 4.98 Å². The molecule has 0 aliphatic heterocycles. The Morgan fingerprint density at radius 1 is 1.18 bits per heavy atom. The average Bonchev–Trinajstić information content (AvgIpc) is 3.17. The van der Waals surface area contributed by atoms with Gasteiger partial charge in [0, 0.05) is 29.4 Å². The molecule has 0 bridgehead atoms. The van der Waals surface area contributed by atoms with Crippen molar-refractivity contribution in [3.05, 3.63) is 42.2 Å². The maximum atomic E-state index is 4.71. The van der Waals surface area contributed by atoms with Gasteiger partial charge < -0.3 is 10.3 Å². The second kappa shape index (κ2) is 5.44. The van der Waals surface area contributed by atoms with E-state index in [9.17, 15) is 0 Å². The van der Waals surface area contributed by atoms with E-state index in [0.29, 0.717) is 6.04 Å². The molecule has 0 unspecified atom stereocenters. The quantitative estimate of drug-likeness (QED) is 0.757. The van der Waals surface area contributed by atoms with Crippen molar-refractivity contribution in [1.29, 1.82) is 0 Å². The topological polar surface area (TPSA) is 53.6 Å². The SMILES string of the molecule is Cc1ccnc(-c2cc(NC3CCCC3)nc3[nH]ccc23)c1. The Bertz CT molecular complexity index is 800. The molecule has 0 spiro atoms. The van der Waals surface area contributed by atoms with Crippen molar-refractivity contribution in [3.63, 3.8) is 0 Å². The number of hydrogen-bond donors (Lipinski definition) is 2. The van der Waals surface area contributed by atoms with Crippen LogP contribution in [0.4, 0.5) is 5.82 Å². The zero-order chi connectivity index (χ0) is 14.9. The molecule has 1 aliphatic rings. The van der Waals surface area contributed by atoms with Crippen LogP contribution in [0.5, 0.6) is 0 Å². The number of H-pyrrole nitrogens is 1. The molecule has 3 heterocycles. The van der Waals surface area contributed by atoms with E-state index in [1.54, 1.807) is 0 Å². The standard InChI is InChI=1S/C18H20N4/c1-12-6-8-19-16(10-12)15-11-17(21-13-4-2-3-5-13)22-18-14(15)7-9-20-18/h6-11,13H,2-5H2,1H3,(H2,20,21,22). The van der Waals surface area contributed by atoms with Crippen molar-refractivity contribution in [2.75, 3.05) is 5.32 Å². The molecule has 3 aromatic heterocycles. The van der Waals surface area contributed by atoms with Gasteiger partial charge in [-0.3, -0.25) is 4.98 Å². The van der Waals surface area contributed by atoms with Gasteiger partial charge in [-0.05, 0) is 49.6 Å². The summed E-state index contributed by atoms with van der Waals surface area (Å²) in [4.78, 5) is 12.5. The lowest BCUT2D eigenvalue weighted by atomic mass is 10.1. The summed E-state index contributed by atoms with van der Waals surface area (Å²) < 4.78 is 0. The van der Waals surface area contributed by atoms with Crippen molar-refractivity contribution < 1.29 is 0 Å². The Labute approximate surface area is 130 Å². The third-order valence-electron chi connectivity index (χ3n) is 4.43. The molecule has 1 saturated carbocycles. The second-order valence-electron chi connectivity index (χ2n) is 6.14. The number of aromatic amines is 1. The van der Waals surface area contributed by atoms with Gasteiger partial charge in [-0.15, -0.1) is 0 Å². The third-order valence-corrected chi connectivity index (χ3v) is 4.43. The van der Waals surface area contributed by atoms with E-state index in [0.717, 1.165) is 28.1 Å². The van der Waals surface area contributed by atoms with Crippen LogP contribution in [-0.2, 0) is 0 Å². The van der Waals surface area contributed by atoms with Gasteiger partial charge in [-0.1, -0.05) is 12.8 Å². The van der Waals surface area contributed by atoms with Gasteiger partial charge in [0.25, 0.3) is 0 Å². The molecular formula is C18H20N4. The van der Waals surface area contributed by atoms with Crippen LogP contribution in [-0.4, -0.2) is 21.0 Å². The number of fused-ring (bicyclic) bond motifs is 1. The van der Waals surface area contributed by atoms with Gasteiger partial charge in [0.2, 0.25) is 0 Å². The first-order valence-corrected chi connectivity index (χ1v) is 7.97. The van der Waals surface area contributed by atoms with Crippen molar-refractivity contribution in [2.24, 2.45) is 0 Å². The van der Waals surface area contributed by atoms with Crippen LogP contribution in [0.3, 0.4) is 0 Å².